The minimum absolute atomic E-state index is 0.0150. The van der Waals surface area contributed by atoms with Gasteiger partial charge in [0.25, 0.3) is 5.91 Å². The molecular formula is C73H108N12O14. The van der Waals surface area contributed by atoms with Gasteiger partial charge >= 0.3 is 0 Å². The number of piperidine rings is 1. The van der Waals surface area contributed by atoms with Crippen molar-refractivity contribution in [1.82, 2.24) is 61.3 Å². The van der Waals surface area contributed by atoms with Gasteiger partial charge in [-0.2, -0.15) is 0 Å². The zero-order chi connectivity index (χ0) is 74.3. The van der Waals surface area contributed by atoms with Crippen molar-refractivity contribution >= 4 is 76.7 Å². The van der Waals surface area contributed by atoms with Gasteiger partial charge in [0.15, 0.2) is 11.8 Å². The zero-order valence-corrected chi connectivity index (χ0v) is 60.8. The molecule has 544 valence electrons. The lowest BCUT2D eigenvalue weighted by atomic mass is 9.97. The van der Waals surface area contributed by atoms with Crippen molar-refractivity contribution in [2.75, 3.05) is 54.9 Å². The summed E-state index contributed by atoms with van der Waals surface area (Å²) >= 11 is 0. The molecule has 26 nitrogen and oxygen atoms in total. The van der Waals surface area contributed by atoms with Crippen molar-refractivity contribution in [3.05, 3.63) is 108 Å². The van der Waals surface area contributed by atoms with Crippen LogP contribution in [0.25, 0.3) is 0 Å². The molecule has 26 heteroatoms. The van der Waals surface area contributed by atoms with Gasteiger partial charge in [0.1, 0.15) is 54.4 Å². The minimum Gasteiger partial charge on any atom is -0.391 e. The molecule has 1 fully saturated rings. The van der Waals surface area contributed by atoms with Crippen LogP contribution in [0.1, 0.15) is 125 Å². The van der Waals surface area contributed by atoms with E-state index in [-0.39, 0.29) is 49.3 Å². The zero-order valence-electron chi connectivity index (χ0n) is 60.8. The lowest BCUT2D eigenvalue weighted by molar-refractivity contribution is -0.152. The van der Waals surface area contributed by atoms with Crippen LogP contribution in [0.2, 0.25) is 0 Å². The highest BCUT2D eigenvalue weighted by atomic mass is 16.3. The van der Waals surface area contributed by atoms with E-state index < -0.39 is 150 Å². The van der Waals surface area contributed by atoms with Gasteiger partial charge in [-0.15, -0.1) is 0 Å². The maximum Gasteiger partial charge on any atom is 0.253 e. The van der Waals surface area contributed by atoms with E-state index in [9.17, 15) is 57.8 Å². The SMILES string of the molecule is CC(=O)[C@H](NC(=O)[C@@H](NC(=O)CNC(=O)[C@@H](NC(=O)[C@H](CC(C)C)N(C)C(=O)[C@H](C)N(C)C(=O)[C@H](Cc1ccccc1)N(C)C(=O)[C@H](Cc1ccccc1)NC(=O)[C@H](C(C)C)N(C)C(=O)C(C)C)[C@@H](C)O)C(C)C)C(=O)N(C)[C@@H](Cc1ccccc1)C(=O)N[C@@H](C)C(=O)N1CCCCC1. The van der Waals surface area contributed by atoms with E-state index in [1.54, 1.807) is 159 Å². The van der Waals surface area contributed by atoms with Gasteiger partial charge in [0, 0.05) is 73.5 Å². The van der Waals surface area contributed by atoms with Gasteiger partial charge in [0.05, 0.1) is 12.6 Å². The van der Waals surface area contributed by atoms with E-state index in [4.69, 9.17) is 0 Å². The number of aliphatic hydroxyl groups is 1. The number of likely N-dealkylation sites (N-methyl/N-ethyl adjacent to an activating group) is 5. The Hall–Kier alpha value is -9.07. The number of ketones is 1. The van der Waals surface area contributed by atoms with E-state index >= 15 is 9.59 Å². The molecule has 12 amide bonds. The molecule has 7 N–H and O–H groups in total. The van der Waals surface area contributed by atoms with Crippen molar-refractivity contribution in [2.45, 2.75) is 195 Å². The molecule has 4 rings (SSSR count). The monoisotopic (exact) mass is 1380 g/mol. The third-order valence-electron chi connectivity index (χ3n) is 18.0. The summed E-state index contributed by atoms with van der Waals surface area (Å²) in [6.07, 6.45) is 1.11. The number of carbonyl (C=O) groups excluding carboxylic acids is 13. The van der Waals surface area contributed by atoms with E-state index in [2.05, 4.69) is 31.9 Å². The van der Waals surface area contributed by atoms with Gasteiger partial charge < -0.3 is 66.4 Å². The number of hydrogen-bond acceptors (Lipinski definition) is 14. The molecule has 0 spiro atoms. The van der Waals surface area contributed by atoms with E-state index in [1.165, 1.54) is 56.7 Å². The van der Waals surface area contributed by atoms with Crippen LogP contribution in [-0.4, -0.2) is 233 Å². The molecule has 0 unspecified atom stereocenters. The predicted molar refractivity (Wildman–Crippen MR) is 374 cm³/mol. The summed E-state index contributed by atoms with van der Waals surface area (Å²) in [5.74, 6) is -10.9. The fourth-order valence-electron chi connectivity index (χ4n) is 12.0. The average molecular weight is 1380 g/mol. The lowest BCUT2D eigenvalue weighted by Crippen LogP contribution is -2.62. The molecule has 3 aromatic carbocycles. The second-order valence-corrected chi connectivity index (χ2v) is 27.5. The first-order valence-electron chi connectivity index (χ1n) is 34.2. The molecule has 1 aliphatic rings. The maximum atomic E-state index is 15.1. The van der Waals surface area contributed by atoms with Crippen LogP contribution in [0.3, 0.4) is 0 Å². The van der Waals surface area contributed by atoms with Crippen LogP contribution >= 0.6 is 0 Å². The quantitative estimate of drug-likeness (QED) is 0.0416. The number of rotatable bonds is 35. The number of nitrogens with one attached hydrogen (secondary N) is 6. The Kier molecular flexibility index (Phi) is 32.4. The first kappa shape index (κ1) is 82.4. The molecule has 0 bridgehead atoms. The minimum atomic E-state index is -1.83. The molecular weight excluding hydrogens is 1270 g/mol. The first-order valence-corrected chi connectivity index (χ1v) is 34.2. The van der Waals surface area contributed by atoms with Crippen molar-refractivity contribution in [1.29, 1.82) is 0 Å². The summed E-state index contributed by atoms with van der Waals surface area (Å²) in [7, 11) is 7.05. The van der Waals surface area contributed by atoms with Crippen LogP contribution < -0.4 is 31.9 Å². The van der Waals surface area contributed by atoms with Crippen molar-refractivity contribution in [2.24, 2.45) is 23.7 Å². The fraction of sp³-hybridized carbons (Fsp3) is 0.575. The Morgan fingerprint density at radius 2 is 0.939 bits per heavy atom. The predicted octanol–water partition coefficient (Wildman–Crippen LogP) is 2.43. The summed E-state index contributed by atoms with van der Waals surface area (Å²) in [5, 5.41) is 26.5. The molecule has 99 heavy (non-hydrogen) atoms. The smallest absolute Gasteiger partial charge is 0.253 e. The highest BCUT2D eigenvalue weighted by Crippen LogP contribution is 2.21. The third kappa shape index (κ3) is 23.8. The van der Waals surface area contributed by atoms with Gasteiger partial charge in [0.2, 0.25) is 65.0 Å². The Morgan fingerprint density at radius 3 is 1.41 bits per heavy atom. The summed E-state index contributed by atoms with van der Waals surface area (Å²) in [5.41, 5.74) is 2.04. The highest BCUT2D eigenvalue weighted by Gasteiger charge is 2.42. The second-order valence-electron chi connectivity index (χ2n) is 27.5. The topological polar surface area (TPSA) is 334 Å². The number of amides is 12. The fourth-order valence-corrected chi connectivity index (χ4v) is 12.0. The number of aliphatic hydroxyl groups excluding tert-OH is 1. The number of nitrogens with zero attached hydrogens (tertiary/aromatic N) is 6. The molecule has 3 aromatic rings. The van der Waals surface area contributed by atoms with Crippen LogP contribution in [0.15, 0.2) is 91.0 Å². The molecule has 0 radical (unpaired) electrons. The Labute approximate surface area is 583 Å². The van der Waals surface area contributed by atoms with Gasteiger partial charge in [-0.05, 0) is 87.8 Å². The van der Waals surface area contributed by atoms with Crippen LogP contribution in [0.4, 0.5) is 0 Å². The van der Waals surface area contributed by atoms with Gasteiger partial charge in [-0.1, -0.05) is 146 Å². The summed E-state index contributed by atoms with van der Waals surface area (Å²) in [6, 6.07) is 13.6. The lowest BCUT2D eigenvalue weighted by Gasteiger charge is -2.38. The standard InChI is InChI=1S/C73H108N12O14/c1-43(2)38-55(81(14)70(96)48(10)80(13)72(98)57(41-53-34-26-20-27-35-53)83(16)71(97)54(39-51-30-22-18-23-31-51)76-67(93)62(45(5)6)84(17)68(94)46(7)8)64(90)78-60(49(11)86)65(91)74-42-58(88)77-59(44(3)4)66(92)79-61(50(12)87)73(99)82(15)56(40-52-32-24-19-25-33-52)63(89)75-47(9)69(95)85-36-28-21-29-37-85/h18-20,22-27,30-35,43-49,54-57,59-62,86H,21,28-29,36-42H2,1-17H3,(H,74,91)(H,75,89)(H,76,93)(H,77,88)(H,78,90)(H,79,92)/t47-,48-,49+,54-,55-,56-,57-,59-,60-,61-,62-/m0/s1. The summed E-state index contributed by atoms with van der Waals surface area (Å²) in [6.45, 7) is 19.4. The van der Waals surface area contributed by atoms with Crippen molar-refractivity contribution in [3.63, 3.8) is 0 Å². The Balaban J connectivity index is 1.51. The van der Waals surface area contributed by atoms with Crippen LogP contribution in [-0.2, 0) is 81.6 Å². The molecule has 11 atom stereocenters. The summed E-state index contributed by atoms with van der Waals surface area (Å²) < 4.78 is 0. The maximum absolute atomic E-state index is 15.1. The van der Waals surface area contributed by atoms with Crippen molar-refractivity contribution < 1.29 is 67.4 Å². The number of Topliss-reactive ketones (excluding diaryl/α,β-unsaturated/α-hetero) is 1. The van der Waals surface area contributed by atoms with E-state index in [0.717, 1.165) is 36.0 Å². The highest BCUT2D eigenvalue weighted by molar-refractivity contribution is 6.09. The third-order valence-corrected chi connectivity index (χ3v) is 18.0. The summed E-state index contributed by atoms with van der Waals surface area (Å²) in [4.78, 5) is 191. The number of carbonyl (C=O) groups is 13. The second kappa shape index (κ2) is 38.9. The number of likely N-dealkylation sites (tertiary alicyclic amines) is 1. The molecule has 1 aliphatic heterocycles. The van der Waals surface area contributed by atoms with Gasteiger partial charge in [-0.25, -0.2) is 0 Å². The van der Waals surface area contributed by atoms with E-state index in [0.29, 0.717) is 29.8 Å². The molecule has 0 aromatic heterocycles. The average Bonchev–Trinajstić information content (AvgIpc) is 0.819. The molecule has 0 aliphatic carbocycles. The van der Waals surface area contributed by atoms with Crippen LogP contribution in [0, 0.1) is 23.7 Å². The number of benzene rings is 3. The first-order chi connectivity index (χ1) is 46.5. The van der Waals surface area contributed by atoms with Crippen LogP contribution in [0.5, 0.6) is 0 Å². The molecule has 1 saturated heterocycles. The van der Waals surface area contributed by atoms with Gasteiger partial charge in [-0.3, -0.25) is 62.3 Å². The normalized spacial score (nSPS) is 15.6. The number of hydrogen-bond donors (Lipinski definition) is 7. The van der Waals surface area contributed by atoms with E-state index in [1.807, 2.05) is 6.07 Å². The van der Waals surface area contributed by atoms with Crippen molar-refractivity contribution in [3.8, 4) is 0 Å². The molecule has 1 heterocycles. The Morgan fingerprint density at radius 1 is 0.455 bits per heavy atom. The molecule has 0 saturated carbocycles. The Bertz CT molecular complexity index is 3250. The largest absolute Gasteiger partial charge is 0.391 e.